The molecule has 0 saturated carbocycles. The Morgan fingerprint density at radius 3 is 2.79 bits per heavy atom. The summed E-state index contributed by atoms with van der Waals surface area (Å²) in [5.41, 5.74) is 7.56. The second kappa shape index (κ2) is 7.79. The molecule has 0 amide bonds. The molecule has 0 bridgehead atoms. The molecular weight excluding hydrogens is 436 g/mol. The molecule has 0 unspecified atom stereocenters. The van der Waals surface area contributed by atoms with Gasteiger partial charge in [0.05, 0.1) is 10.9 Å². The Morgan fingerprint density at radius 1 is 1.12 bits per heavy atom. The predicted molar refractivity (Wildman–Crippen MR) is 126 cm³/mol. The van der Waals surface area contributed by atoms with Gasteiger partial charge in [0, 0.05) is 24.7 Å². The highest BCUT2D eigenvalue weighted by atomic mass is 16.8. The number of fused-ring (bicyclic) bond motifs is 3. The molecule has 2 aliphatic heterocycles. The molecule has 1 aromatic carbocycles. The van der Waals surface area contributed by atoms with E-state index in [1.165, 1.54) is 6.33 Å². The number of nitrogens with one attached hydrogen (secondary N) is 1. The summed E-state index contributed by atoms with van der Waals surface area (Å²) in [6.07, 6.45) is 1.93. The summed E-state index contributed by atoms with van der Waals surface area (Å²) in [4.78, 5) is 13.1. The van der Waals surface area contributed by atoms with E-state index >= 15 is 0 Å². The van der Waals surface area contributed by atoms with E-state index in [9.17, 15) is 0 Å². The first-order chi connectivity index (χ1) is 16.4. The van der Waals surface area contributed by atoms with Crippen molar-refractivity contribution >= 4 is 33.6 Å². The lowest BCUT2D eigenvalue weighted by Gasteiger charge is -2.25. The number of hydrogen-bond donors (Lipinski definition) is 2. The number of rotatable bonds is 5. The van der Waals surface area contributed by atoms with Gasteiger partial charge in [0.1, 0.15) is 54.3 Å². The van der Waals surface area contributed by atoms with Crippen molar-refractivity contribution in [1.29, 1.82) is 0 Å². The largest absolute Gasteiger partial charge is 0.491 e. The van der Waals surface area contributed by atoms with Crippen LogP contribution in [0.2, 0.25) is 0 Å². The average molecular weight is 463 g/mol. The number of benzene rings is 1. The van der Waals surface area contributed by atoms with Gasteiger partial charge in [-0.3, -0.25) is 0 Å². The summed E-state index contributed by atoms with van der Waals surface area (Å²) in [6, 6.07) is 11.7. The van der Waals surface area contributed by atoms with Crippen molar-refractivity contribution in [2.24, 2.45) is 0 Å². The molecule has 3 aromatic heterocycles. The topological polar surface area (TPSA) is 119 Å². The highest BCUT2D eigenvalue weighted by Crippen LogP contribution is 2.44. The molecule has 4 atom stereocenters. The van der Waals surface area contributed by atoms with Gasteiger partial charge >= 0.3 is 0 Å². The zero-order chi connectivity index (χ0) is 23.4. The Hall–Kier alpha value is -3.47. The minimum atomic E-state index is -0.733. The molecule has 10 nitrogen and oxygen atoms in total. The lowest BCUT2D eigenvalue weighted by Crippen LogP contribution is -2.33. The second-order valence-corrected chi connectivity index (χ2v) is 8.96. The minimum absolute atomic E-state index is 0.296. The van der Waals surface area contributed by atoms with E-state index in [2.05, 4.69) is 20.3 Å². The van der Waals surface area contributed by atoms with E-state index in [0.717, 1.165) is 22.1 Å². The number of aromatic nitrogens is 4. The fraction of sp³-hybridized carbons (Fsp3) is 0.375. The Labute approximate surface area is 196 Å². The predicted octanol–water partition coefficient (Wildman–Crippen LogP) is 3.10. The summed E-state index contributed by atoms with van der Waals surface area (Å²) in [5, 5.41) is 4.87. The molecule has 4 aromatic rings. The van der Waals surface area contributed by atoms with Crippen LogP contribution in [0.3, 0.4) is 0 Å². The van der Waals surface area contributed by atoms with Crippen LogP contribution in [0.5, 0.6) is 5.75 Å². The van der Waals surface area contributed by atoms with Gasteiger partial charge in [-0.15, -0.1) is 0 Å². The molecular formula is C24H26N6O4. The van der Waals surface area contributed by atoms with Crippen molar-refractivity contribution < 1.29 is 18.9 Å². The SMILES string of the molecule is CNc1ccc2ccc(OC[C@H]3O[C@@H](n4ccc5c(N)ncnc54)[C@@H]4OC(C)(C)O[C@@H]43)cc2n1. The summed E-state index contributed by atoms with van der Waals surface area (Å²) < 4.78 is 26.9. The third kappa shape index (κ3) is 3.51. The summed E-state index contributed by atoms with van der Waals surface area (Å²) in [6.45, 7) is 4.11. The highest BCUT2D eigenvalue weighted by molar-refractivity contribution is 5.86. The molecule has 2 aliphatic rings. The van der Waals surface area contributed by atoms with Gasteiger partial charge in [-0.05, 0) is 44.2 Å². The van der Waals surface area contributed by atoms with E-state index in [1.54, 1.807) is 0 Å². The molecule has 2 saturated heterocycles. The van der Waals surface area contributed by atoms with E-state index < -0.39 is 12.0 Å². The zero-order valence-electron chi connectivity index (χ0n) is 19.1. The maximum absolute atomic E-state index is 6.42. The van der Waals surface area contributed by atoms with Gasteiger partial charge in [-0.25, -0.2) is 15.0 Å². The Balaban J connectivity index is 1.26. The molecule has 0 spiro atoms. The fourth-order valence-electron chi connectivity index (χ4n) is 4.72. The van der Waals surface area contributed by atoms with Crippen molar-refractivity contribution in [3.05, 3.63) is 48.9 Å². The molecule has 34 heavy (non-hydrogen) atoms. The van der Waals surface area contributed by atoms with Crippen LogP contribution in [0.15, 0.2) is 48.9 Å². The lowest BCUT2D eigenvalue weighted by molar-refractivity contribution is -0.198. The Bertz CT molecular complexity index is 1370. The first-order valence-electron chi connectivity index (χ1n) is 11.2. The molecule has 3 N–H and O–H groups in total. The van der Waals surface area contributed by atoms with Crippen molar-refractivity contribution in [2.45, 2.75) is 44.2 Å². The molecule has 6 rings (SSSR count). The number of nitrogens with zero attached hydrogens (tertiary/aromatic N) is 4. The first kappa shape index (κ1) is 21.1. The number of ether oxygens (including phenoxy) is 4. The van der Waals surface area contributed by atoms with Crippen LogP contribution >= 0.6 is 0 Å². The number of nitrogens with two attached hydrogens (primary N) is 1. The smallest absolute Gasteiger partial charge is 0.164 e. The van der Waals surface area contributed by atoms with Crippen LogP contribution in [-0.2, 0) is 14.2 Å². The van der Waals surface area contributed by atoms with Crippen LogP contribution < -0.4 is 15.8 Å². The van der Waals surface area contributed by atoms with Gasteiger partial charge in [0.15, 0.2) is 12.0 Å². The maximum Gasteiger partial charge on any atom is 0.164 e. The minimum Gasteiger partial charge on any atom is -0.491 e. The lowest BCUT2D eigenvalue weighted by atomic mass is 10.1. The van der Waals surface area contributed by atoms with Crippen LogP contribution in [-0.4, -0.2) is 57.3 Å². The molecule has 5 heterocycles. The number of anilines is 2. The first-order valence-corrected chi connectivity index (χ1v) is 11.2. The van der Waals surface area contributed by atoms with E-state index in [4.69, 9.17) is 24.7 Å². The van der Waals surface area contributed by atoms with Gasteiger partial charge < -0.3 is 34.6 Å². The van der Waals surface area contributed by atoms with E-state index in [0.29, 0.717) is 23.8 Å². The average Bonchev–Trinajstić information content (AvgIpc) is 3.48. The molecule has 2 fully saturated rings. The van der Waals surface area contributed by atoms with Gasteiger partial charge in [0.2, 0.25) is 0 Å². The van der Waals surface area contributed by atoms with Gasteiger partial charge in [-0.2, -0.15) is 0 Å². The Kier molecular flexibility index (Phi) is 4.83. The van der Waals surface area contributed by atoms with Crippen LogP contribution in [0.1, 0.15) is 20.1 Å². The Morgan fingerprint density at radius 2 is 1.94 bits per heavy atom. The highest BCUT2D eigenvalue weighted by Gasteiger charge is 2.56. The van der Waals surface area contributed by atoms with Crippen molar-refractivity contribution in [3.63, 3.8) is 0 Å². The third-order valence-corrected chi connectivity index (χ3v) is 6.27. The van der Waals surface area contributed by atoms with Crippen molar-refractivity contribution in [2.75, 3.05) is 24.7 Å². The van der Waals surface area contributed by atoms with Gasteiger partial charge in [-0.1, -0.05) is 0 Å². The second-order valence-electron chi connectivity index (χ2n) is 8.96. The zero-order valence-corrected chi connectivity index (χ0v) is 19.1. The summed E-state index contributed by atoms with van der Waals surface area (Å²) >= 11 is 0. The van der Waals surface area contributed by atoms with E-state index in [1.807, 2.05) is 68.1 Å². The summed E-state index contributed by atoms with van der Waals surface area (Å²) in [5.74, 6) is 1.20. The van der Waals surface area contributed by atoms with Crippen LogP contribution in [0, 0.1) is 0 Å². The number of hydrogen-bond acceptors (Lipinski definition) is 9. The third-order valence-electron chi connectivity index (χ3n) is 6.27. The molecule has 0 aliphatic carbocycles. The molecule has 176 valence electrons. The van der Waals surface area contributed by atoms with Gasteiger partial charge in [0.25, 0.3) is 0 Å². The quantitative estimate of drug-likeness (QED) is 0.461. The van der Waals surface area contributed by atoms with Crippen LogP contribution in [0.25, 0.3) is 21.9 Å². The van der Waals surface area contributed by atoms with Crippen molar-refractivity contribution in [1.82, 2.24) is 19.5 Å². The number of pyridine rings is 1. The fourth-order valence-corrected chi connectivity index (χ4v) is 4.72. The van der Waals surface area contributed by atoms with Crippen molar-refractivity contribution in [3.8, 4) is 5.75 Å². The standard InChI is InChI=1S/C24H26N6O4/c1-24(2)33-19-17(11-31-14-6-4-13-5-7-18(26-3)29-16(13)10-14)32-23(20(19)34-24)30-9-8-15-21(25)27-12-28-22(15)30/h4-10,12,17,19-20,23H,11H2,1-3H3,(H,26,29)(H2,25,27,28)/t17-,19-,20-,23-/m1/s1. The van der Waals surface area contributed by atoms with E-state index in [-0.39, 0.29) is 18.3 Å². The van der Waals surface area contributed by atoms with Crippen LogP contribution in [0.4, 0.5) is 11.6 Å². The molecule has 0 radical (unpaired) electrons. The summed E-state index contributed by atoms with van der Waals surface area (Å²) in [7, 11) is 1.85. The monoisotopic (exact) mass is 462 g/mol. The number of nitrogen functional groups attached to an aromatic ring is 1. The maximum atomic E-state index is 6.42. The molecule has 10 heteroatoms. The normalized spacial score (nSPS) is 25.6.